The van der Waals surface area contributed by atoms with Crippen molar-refractivity contribution in [3.63, 3.8) is 0 Å². The molecule has 98 valence electrons. The molecule has 1 unspecified atom stereocenters. The third-order valence-corrected chi connectivity index (χ3v) is 4.65. The van der Waals surface area contributed by atoms with Gasteiger partial charge in [-0.25, -0.2) is 9.89 Å². The average molecular weight is 322 g/mol. The summed E-state index contributed by atoms with van der Waals surface area (Å²) < 4.78 is 1.71. The van der Waals surface area contributed by atoms with Crippen LogP contribution in [0.4, 0.5) is 0 Å². The molecule has 4 nitrogen and oxygen atoms in total. The third kappa shape index (κ3) is 4.17. The Balaban J connectivity index is 2.65. The van der Waals surface area contributed by atoms with Crippen LogP contribution in [-0.2, 0) is 0 Å². The van der Waals surface area contributed by atoms with Gasteiger partial charge in [-0.1, -0.05) is 41.0 Å². The zero-order chi connectivity index (χ0) is 12.8. The van der Waals surface area contributed by atoms with E-state index in [0.29, 0.717) is 5.92 Å². The molecule has 0 bridgehead atoms. The fourth-order valence-electron chi connectivity index (χ4n) is 1.65. The molecule has 0 aliphatic heterocycles. The summed E-state index contributed by atoms with van der Waals surface area (Å²) in [4.78, 5) is 11.5. The fraction of sp³-hybridized carbons (Fsp3) is 0.818. The van der Waals surface area contributed by atoms with Crippen LogP contribution in [0.3, 0.4) is 0 Å². The molecule has 1 aromatic rings. The van der Waals surface area contributed by atoms with Crippen molar-refractivity contribution in [3.8, 4) is 0 Å². The Hall–Kier alpha value is -0.230. The Labute approximate surface area is 115 Å². The maximum absolute atomic E-state index is 11.5. The topological polar surface area (TPSA) is 50.7 Å². The lowest BCUT2D eigenvalue weighted by Crippen LogP contribution is -2.19. The minimum Gasteiger partial charge on any atom is -0.268 e. The molecule has 0 saturated carbocycles. The van der Waals surface area contributed by atoms with Gasteiger partial charge in [0.1, 0.15) is 0 Å². The van der Waals surface area contributed by atoms with Crippen molar-refractivity contribution in [1.29, 1.82) is 0 Å². The van der Waals surface area contributed by atoms with Gasteiger partial charge in [0.25, 0.3) is 0 Å². The molecule has 6 heteroatoms. The predicted molar refractivity (Wildman–Crippen MR) is 76.1 cm³/mol. The molecule has 0 aliphatic rings. The van der Waals surface area contributed by atoms with Gasteiger partial charge in [-0.05, 0) is 26.2 Å². The van der Waals surface area contributed by atoms with Crippen LogP contribution < -0.4 is 5.69 Å². The highest BCUT2D eigenvalue weighted by Crippen LogP contribution is 2.23. The third-order valence-electron chi connectivity index (χ3n) is 2.55. The van der Waals surface area contributed by atoms with Gasteiger partial charge in [-0.3, -0.25) is 4.57 Å². The second-order valence-electron chi connectivity index (χ2n) is 4.40. The molecule has 1 heterocycles. The van der Waals surface area contributed by atoms with E-state index in [0.717, 1.165) is 16.2 Å². The molecule has 1 aromatic heterocycles. The lowest BCUT2D eigenvalue weighted by atomic mass is 10.1. The Morgan fingerprint density at radius 2 is 2.24 bits per heavy atom. The molecule has 0 saturated heterocycles. The molecule has 0 aromatic carbocycles. The number of H-pyrrole nitrogens is 1. The predicted octanol–water partition coefficient (Wildman–Crippen LogP) is 3.06. The Kier molecular flexibility index (Phi) is 6.33. The molecule has 0 aliphatic carbocycles. The van der Waals surface area contributed by atoms with E-state index in [4.69, 9.17) is 0 Å². The van der Waals surface area contributed by atoms with E-state index in [2.05, 4.69) is 33.1 Å². The first-order valence-corrected chi connectivity index (χ1v) is 8.06. The molecule has 17 heavy (non-hydrogen) atoms. The van der Waals surface area contributed by atoms with E-state index in [-0.39, 0.29) is 11.7 Å². The first-order valence-electron chi connectivity index (χ1n) is 5.95. The van der Waals surface area contributed by atoms with Gasteiger partial charge in [-0.2, -0.15) is 0 Å². The van der Waals surface area contributed by atoms with Gasteiger partial charge in [0.05, 0.1) is 0 Å². The van der Waals surface area contributed by atoms with Crippen LogP contribution in [0.1, 0.15) is 39.7 Å². The monoisotopic (exact) mass is 321 g/mol. The lowest BCUT2D eigenvalue weighted by molar-refractivity contribution is 0.532. The Morgan fingerprint density at radius 1 is 1.53 bits per heavy atom. The van der Waals surface area contributed by atoms with E-state index in [1.807, 2.05) is 13.8 Å². The smallest absolute Gasteiger partial charge is 0.268 e. The molecule has 1 atom stereocenters. The molecular weight excluding hydrogens is 302 g/mol. The number of alkyl halides is 1. The quantitative estimate of drug-likeness (QED) is 0.620. The summed E-state index contributed by atoms with van der Waals surface area (Å²) in [5.74, 6) is 1.63. The minimum atomic E-state index is -0.117. The number of thioether (sulfide) groups is 1. The number of halogens is 1. The first kappa shape index (κ1) is 14.8. The van der Waals surface area contributed by atoms with Crippen LogP contribution >= 0.6 is 27.7 Å². The SMILES string of the molecule is CCCC(CBr)CSc1n[nH]c(=O)n1C(C)C. The van der Waals surface area contributed by atoms with Crippen LogP contribution in [0.15, 0.2) is 9.95 Å². The zero-order valence-corrected chi connectivity index (χ0v) is 13.0. The molecular formula is C11H20BrN3OS. The Morgan fingerprint density at radius 3 is 2.76 bits per heavy atom. The number of hydrogen-bond acceptors (Lipinski definition) is 3. The highest BCUT2D eigenvalue weighted by Gasteiger charge is 2.14. The van der Waals surface area contributed by atoms with Crippen LogP contribution in [0, 0.1) is 5.92 Å². The van der Waals surface area contributed by atoms with Crippen LogP contribution in [0.25, 0.3) is 0 Å². The summed E-state index contributed by atoms with van der Waals surface area (Å²) >= 11 is 5.19. The fourth-order valence-corrected chi connectivity index (χ4v) is 3.72. The largest absolute Gasteiger partial charge is 0.344 e. The van der Waals surface area contributed by atoms with Gasteiger partial charge in [0, 0.05) is 17.1 Å². The molecule has 1 N–H and O–H groups in total. The summed E-state index contributed by atoms with van der Waals surface area (Å²) in [6.45, 7) is 6.18. The highest BCUT2D eigenvalue weighted by molar-refractivity contribution is 9.09. The minimum absolute atomic E-state index is 0.117. The lowest BCUT2D eigenvalue weighted by Gasteiger charge is -2.13. The van der Waals surface area contributed by atoms with Crippen molar-refractivity contribution in [2.24, 2.45) is 5.92 Å². The van der Waals surface area contributed by atoms with E-state index in [1.54, 1.807) is 16.3 Å². The maximum atomic E-state index is 11.5. The molecule has 1 rings (SSSR count). The summed E-state index contributed by atoms with van der Waals surface area (Å²) in [7, 11) is 0. The summed E-state index contributed by atoms with van der Waals surface area (Å²) in [5.41, 5.74) is -0.117. The van der Waals surface area contributed by atoms with Crippen molar-refractivity contribution in [1.82, 2.24) is 14.8 Å². The van der Waals surface area contributed by atoms with Crippen LogP contribution in [0.2, 0.25) is 0 Å². The van der Waals surface area contributed by atoms with Crippen molar-refractivity contribution < 1.29 is 0 Å². The van der Waals surface area contributed by atoms with Crippen LogP contribution in [0.5, 0.6) is 0 Å². The van der Waals surface area contributed by atoms with Crippen molar-refractivity contribution in [3.05, 3.63) is 10.5 Å². The molecule has 0 fully saturated rings. The second kappa shape index (κ2) is 7.26. The zero-order valence-electron chi connectivity index (χ0n) is 10.6. The summed E-state index contributed by atoms with van der Waals surface area (Å²) in [5, 5.41) is 8.40. The van der Waals surface area contributed by atoms with Crippen molar-refractivity contribution >= 4 is 27.7 Å². The van der Waals surface area contributed by atoms with Crippen molar-refractivity contribution in [2.75, 3.05) is 11.1 Å². The molecule has 0 amide bonds. The normalized spacial score (nSPS) is 13.2. The summed E-state index contributed by atoms with van der Waals surface area (Å²) in [6.07, 6.45) is 2.39. The van der Waals surface area contributed by atoms with Gasteiger partial charge >= 0.3 is 5.69 Å². The second-order valence-corrected chi connectivity index (χ2v) is 6.03. The van der Waals surface area contributed by atoms with Gasteiger partial charge in [0.15, 0.2) is 5.16 Å². The number of aromatic nitrogens is 3. The first-order chi connectivity index (χ1) is 8.10. The highest BCUT2D eigenvalue weighted by atomic mass is 79.9. The van der Waals surface area contributed by atoms with E-state index in [9.17, 15) is 4.79 Å². The van der Waals surface area contributed by atoms with E-state index in [1.165, 1.54) is 12.8 Å². The molecule has 0 radical (unpaired) electrons. The number of hydrogen-bond donors (Lipinski definition) is 1. The van der Waals surface area contributed by atoms with E-state index >= 15 is 0 Å². The van der Waals surface area contributed by atoms with Crippen molar-refractivity contribution in [2.45, 2.75) is 44.8 Å². The average Bonchev–Trinajstić information content (AvgIpc) is 2.65. The van der Waals surface area contributed by atoms with E-state index < -0.39 is 0 Å². The van der Waals surface area contributed by atoms with Gasteiger partial charge < -0.3 is 0 Å². The number of nitrogens with zero attached hydrogens (tertiary/aromatic N) is 2. The number of nitrogens with one attached hydrogen (secondary N) is 1. The molecule has 0 spiro atoms. The number of rotatable bonds is 7. The van der Waals surface area contributed by atoms with Gasteiger partial charge in [0.2, 0.25) is 0 Å². The van der Waals surface area contributed by atoms with Crippen LogP contribution in [-0.4, -0.2) is 25.8 Å². The standard InChI is InChI=1S/C11H20BrN3OS/c1-4-5-9(6-12)7-17-11-14-13-10(16)15(11)8(2)3/h8-9H,4-7H2,1-3H3,(H,13,16). The maximum Gasteiger partial charge on any atom is 0.344 e. The summed E-state index contributed by atoms with van der Waals surface area (Å²) in [6, 6.07) is 0.150. The Bertz CT molecular complexity index is 388. The van der Waals surface area contributed by atoms with Gasteiger partial charge in [-0.15, -0.1) is 5.10 Å². The number of aromatic amines is 1.